The molecule has 0 aromatic heterocycles. The second kappa shape index (κ2) is 11.5. The summed E-state index contributed by atoms with van der Waals surface area (Å²) in [5.74, 6) is -0.544. The number of nitrogens with one attached hydrogen (secondary N) is 1. The molecular formula is C28H28ClN3O4S. The van der Waals surface area contributed by atoms with Crippen molar-refractivity contribution in [2.45, 2.75) is 38.3 Å². The minimum atomic E-state index is -0.536. The Kier molecular flexibility index (Phi) is 7.98. The number of hydrogen-bond donors (Lipinski definition) is 1. The molecule has 2 atom stereocenters. The van der Waals surface area contributed by atoms with E-state index in [2.05, 4.69) is 5.32 Å². The van der Waals surface area contributed by atoms with Crippen LogP contribution < -0.4 is 5.32 Å². The van der Waals surface area contributed by atoms with Gasteiger partial charge in [-0.05, 0) is 42.9 Å². The van der Waals surface area contributed by atoms with Crippen LogP contribution in [-0.2, 0) is 19.1 Å². The molecule has 0 unspecified atom stereocenters. The number of hydrogen-bond acceptors (Lipinski definition) is 7. The van der Waals surface area contributed by atoms with Gasteiger partial charge in [0.2, 0.25) is 5.91 Å². The first-order chi connectivity index (χ1) is 18.0. The van der Waals surface area contributed by atoms with Crippen molar-refractivity contribution in [1.82, 2.24) is 10.2 Å². The Hall–Kier alpha value is -3.07. The number of amidine groups is 1. The first-order valence-electron chi connectivity index (χ1n) is 12.4. The van der Waals surface area contributed by atoms with Gasteiger partial charge in [-0.3, -0.25) is 4.79 Å². The topological polar surface area (TPSA) is 80.2 Å². The summed E-state index contributed by atoms with van der Waals surface area (Å²) >= 11 is 7.65. The van der Waals surface area contributed by atoms with Crippen LogP contribution in [0.25, 0.3) is 5.70 Å². The Morgan fingerprint density at radius 2 is 1.97 bits per heavy atom. The summed E-state index contributed by atoms with van der Waals surface area (Å²) in [6.45, 7) is 3.25. The van der Waals surface area contributed by atoms with E-state index in [0.29, 0.717) is 28.0 Å². The van der Waals surface area contributed by atoms with Gasteiger partial charge >= 0.3 is 5.97 Å². The van der Waals surface area contributed by atoms with Gasteiger partial charge < -0.3 is 19.7 Å². The molecule has 1 saturated heterocycles. The van der Waals surface area contributed by atoms with Gasteiger partial charge in [0.05, 0.1) is 36.4 Å². The summed E-state index contributed by atoms with van der Waals surface area (Å²) in [6, 6.07) is 16.5. The summed E-state index contributed by atoms with van der Waals surface area (Å²) < 4.78 is 11.2. The minimum absolute atomic E-state index is 0.0663. The van der Waals surface area contributed by atoms with Gasteiger partial charge in [0.25, 0.3) is 0 Å². The molecule has 0 aliphatic carbocycles. The largest absolute Gasteiger partial charge is 0.463 e. The molecule has 0 radical (unpaired) electrons. The van der Waals surface area contributed by atoms with Gasteiger partial charge in [-0.2, -0.15) is 0 Å². The van der Waals surface area contributed by atoms with E-state index in [4.69, 9.17) is 26.1 Å². The quantitative estimate of drug-likeness (QED) is 0.460. The lowest BCUT2D eigenvalue weighted by Gasteiger charge is -2.36. The number of halogens is 1. The van der Waals surface area contributed by atoms with Crippen LogP contribution >= 0.6 is 23.4 Å². The molecule has 9 heteroatoms. The van der Waals surface area contributed by atoms with Crippen LogP contribution in [0.4, 0.5) is 0 Å². The zero-order chi connectivity index (χ0) is 25.8. The Morgan fingerprint density at radius 1 is 1.19 bits per heavy atom. The predicted octanol–water partition coefficient (Wildman–Crippen LogP) is 5.30. The first kappa shape index (κ1) is 25.6. The number of aliphatic imine (C=N–C) groups is 1. The lowest BCUT2D eigenvalue weighted by Crippen LogP contribution is -2.38. The highest BCUT2D eigenvalue weighted by atomic mass is 35.5. The van der Waals surface area contributed by atoms with Gasteiger partial charge in [0.15, 0.2) is 5.17 Å². The number of thioether (sulfide) groups is 1. The monoisotopic (exact) mass is 537 g/mol. The maximum absolute atomic E-state index is 13.5. The maximum atomic E-state index is 13.5. The fourth-order valence-electron chi connectivity index (χ4n) is 4.71. The second-order valence-corrected chi connectivity index (χ2v) is 10.2. The molecule has 3 heterocycles. The van der Waals surface area contributed by atoms with Crippen molar-refractivity contribution in [2.75, 3.05) is 19.8 Å². The molecular weight excluding hydrogens is 510 g/mol. The van der Waals surface area contributed by atoms with Crippen molar-refractivity contribution in [3.05, 3.63) is 87.4 Å². The van der Waals surface area contributed by atoms with E-state index in [9.17, 15) is 9.59 Å². The molecule has 0 bridgehead atoms. The fraction of sp³-hybridized carbons (Fsp3) is 0.321. The molecule has 2 aromatic carbocycles. The normalized spacial score (nSPS) is 20.9. The fourth-order valence-corrected chi connectivity index (χ4v) is 5.75. The molecule has 1 amide bonds. The van der Waals surface area contributed by atoms with Crippen LogP contribution in [0.5, 0.6) is 0 Å². The predicted molar refractivity (Wildman–Crippen MR) is 146 cm³/mol. The minimum Gasteiger partial charge on any atom is -0.463 e. The number of amides is 1. The van der Waals surface area contributed by atoms with Crippen LogP contribution in [0.2, 0.25) is 5.02 Å². The summed E-state index contributed by atoms with van der Waals surface area (Å²) in [6.07, 6.45) is 2.19. The molecule has 2 aromatic rings. The lowest BCUT2D eigenvalue weighted by molar-refractivity contribution is -0.139. The number of carbonyl (C=O) groups is 2. The molecule has 5 rings (SSSR count). The highest BCUT2D eigenvalue weighted by Gasteiger charge is 2.42. The summed E-state index contributed by atoms with van der Waals surface area (Å²) in [5.41, 5.74) is 3.42. The van der Waals surface area contributed by atoms with Crippen LogP contribution in [-0.4, -0.2) is 47.8 Å². The number of carbonyl (C=O) groups excluding carboxylic acids is 2. The van der Waals surface area contributed by atoms with Crippen molar-refractivity contribution in [3.8, 4) is 0 Å². The third-order valence-electron chi connectivity index (χ3n) is 6.43. The summed E-state index contributed by atoms with van der Waals surface area (Å²) in [7, 11) is 0. The van der Waals surface area contributed by atoms with Crippen LogP contribution in [0.15, 0.2) is 76.3 Å². The Labute approximate surface area is 225 Å². The smallest absolute Gasteiger partial charge is 0.338 e. The SMILES string of the molecule is CCOC(=O)C1=C(c2ccccc2)N=C2SC=C(CC(=O)NC[C@H]3CCCO3)N2[C@H]1c1ccc(Cl)cc1. The molecule has 7 nitrogen and oxygen atoms in total. The standard InChI is InChI=1S/C28H28ClN3O4S/c1-2-35-27(34)24-25(18-7-4-3-5-8-18)31-28-32(26(24)19-10-12-20(29)13-11-19)21(17-37-28)15-23(33)30-16-22-9-6-14-36-22/h3-5,7-8,10-13,17,22,26H,2,6,9,14-16H2,1H3,(H,30,33)/t22-,26+/m1/s1. The molecule has 3 aliphatic rings. The number of nitrogens with zero attached hydrogens (tertiary/aromatic N) is 2. The van der Waals surface area contributed by atoms with Crippen LogP contribution in [0.1, 0.15) is 43.4 Å². The summed E-state index contributed by atoms with van der Waals surface area (Å²) in [4.78, 5) is 33.3. The van der Waals surface area contributed by atoms with Gasteiger partial charge in [-0.15, -0.1) is 0 Å². The molecule has 3 aliphatic heterocycles. The summed E-state index contributed by atoms with van der Waals surface area (Å²) in [5, 5.41) is 6.23. The molecule has 1 N–H and O–H groups in total. The van der Waals surface area contributed by atoms with Crippen molar-refractivity contribution >= 4 is 46.1 Å². The molecule has 0 spiro atoms. The zero-order valence-electron chi connectivity index (χ0n) is 20.5. The third-order valence-corrected chi connectivity index (χ3v) is 7.57. The highest BCUT2D eigenvalue weighted by molar-refractivity contribution is 8.16. The van der Waals surface area contributed by atoms with Crippen LogP contribution in [0.3, 0.4) is 0 Å². The lowest BCUT2D eigenvalue weighted by atomic mass is 9.91. The number of esters is 1. The number of ether oxygens (including phenoxy) is 2. The third kappa shape index (κ3) is 5.61. The van der Waals surface area contributed by atoms with E-state index in [1.807, 2.05) is 52.8 Å². The Balaban J connectivity index is 1.52. The molecule has 1 fully saturated rings. The zero-order valence-corrected chi connectivity index (χ0v) is 22.1. The number of benzene rings is 2. The number of rotatable bonds is 8. The molecule has 37 heavy (non-hydrogen) atoms. The van der Waals surface area contributed by atoms with E-state index in [-0.39, 0.29) is 25.0 Å². The van der Waals surface area contributed by atoms with E-state index in [0.717, 1.165) is 36.3 Å². The second-order valence-electron chi connectivity index (χ2n) is 8.91. The first-order valence-corrected chi connectivity index (χ1v) is 13.6. The Bertz CT molecular complexity index is 1250. The Morgan fingerprint density at radius 3 is 2.68 bits per heavy atom. The van der Waals surface area contributed by atoms with Gasteiger partial charge in [-0.25, -0.2) is 9.79 Å². The highest BCUT2D eigenvalue weighted by Crippen LogP contribution is 2.47. The van der Waals surface area contributed by atoms with E-state index in [1.54, 1.807) is 19.1 Å². The van der Waals surface area contributed by atoms with Crippen molar-refractivity contribution in [3.63, 3.8) is 0 Å². The molecule has 0 saturated carbocycles. The van der Waals surface area contributed by atoms with E-state index < -0.39 is 12.0 Å². The van der Waals surface area contributed by atoms with Gasteiger partial charge in [-0.1, -0.05) is 65.8 Å². The van der Waals surface area contributed by atoms with E-state index >= 15 is 0 Å². The maximum Gasteiger partial charge on any atom is 0.338 e. The average molecular weight is 538 g/mol. The van der Waals surface area contributed by atoms with Crippen molar-refractivity contribution in [2.24, 2.45) is 4.99 Å². The number of fused-ring (bicyclic) bond motifs is 1. The van der Waals surface area contributed by atoms with Crippen molar-refractivity contribution < 1.29 is 19.1 Å². The van der Waals surface area contributed by atoms with Gasteiger partial charge in [0, 0.05) is 29.4 Å². The van der Waals surface area contributed by atoms with Gasteiger partial charge in [0.1, 0.15) is 0 Å². The average Bonchev–Trinajstić information content (AvgIpc) is 3.58. The van der Waals surface area contributed by atoms with Crippen molar-refractivity contribution in [1.29, 1.82) is 0 Å². The molecule has 192 valence electrons. The van der Waals surface area contributed by atoms with E-state index in [1.165, 1.54) is 11.8 Å². The van der Waals surface area contributed by atoms with Crippen LogP contribution in [0, 0.1) is 0 Å².